The van der Waals surface area contributed by atoms with E-state index in [0.29, 0.717) is 10.7 Å². The zero-order valence-electron chi connectivity index (χ0n) is 14.3. The summed E-state index contributed by atoms with van der Waals surface area (Å²) in [5.41, 5.74) is 2.58. The molecule has 0 atom stereocenters. The fourth-order valence-corrected chi connectivity index (χ4v) is 3.33. The normalized spacial score (nSPS) is 10.7. The van der Waals surface area contributed by atoms with E-state index in [2.05, 4.69) is 15.3 Å². The van der Waals surface area contributed by atoms with Crippen molar-refractivity contribution < 1.29 is 19.1 Å². The molecule has 0 saturated carbocycles. The van der Waals surface area contributed by atoms with Gasteiger partial charge in [0.2, 0.25) is 11.7 Å². The number of aromatic amines is 1. The quantitative estimate of drug-likeness (QED) is 0.512. The van der Waals surface area contributed by atoms with Crippen LogP contribution in [0, 0.1) is 0 Å². The minimum Gasteiger partial charge on any atom is -0.453 e. The van der Waals surface area contributed by atoms with Crippen LogP contribution >= 0.6 is 11.3 Å². The lowest BCUT2D eigenvalue weighted by molar-refractivity contribution is -0.114. The number of hydrogen-bond donors (Lipinski definition) is 2. The van der Waals surface area contributed by atoms with E-state index >= 15 is 0 Å². The van der Waals surface area contributed by atoms with Gasteiger partial charge in [0.25, 0.3) is 0 Å². The summed E-state index contributed by atoms with van der Waals surface area (Å²) in [6.07, 6.45) is 2.48. The van der Waals surface area contributed by atoms with Crippen molar-refractivity contribution in [2.24, 2.45) is 0 Å². The fourth-order valence-electron chi connectivity index (χ4n) is 2.60. The SMILES string of the molecule is CCc1cccc2c(C(=O)COC(=O)c3csc(NC(C)=O)n3)c[nH]c12. The van der Waals surface area contributed by atoms with E-state index in [9.17, 15) is 14.4 Å². The lowest BCUT2D eigenvalue weighted by atomic mass is 10.1. The lowest BCUT2D eigenvalue weighted by Crippen LogP contribution is -2.14. The van der Waals surface area contributed by atoms with E-state index in [0.717, 1.165) is 34.2 Å². The molecule has 7 nitrogen and oxygen atoms in total. The summed E-state index contributed by atoms with van der Waals surface area (Å²) in [7, 11) is 0. The zero-order chi connectivity index (χ0) is 18.7. The number of para-hydroxylation sites is 1. The number of benzene rings is 1. The molecule has 134 valence electrons. The second kappa shape index (κ2) is 7.49. The van der Waals surface area contributed by atoms with Gasteiger partial charge < -0.3 is 15.0 Å². The predicted molar refractivity (Wildman–Crippen MR) is 98.7 cm³/mol. The van der Waals surface area contributed by atoms with Crippen LogP contribution in [0.2, 0.25) is 0 Å². The number of nitrogens with one attached hydrogen (secondary N) is 2. The summed E-state index contributed by atoms with van der Waals surface area (Å²) in [6.45, 7) is 3.01. The number of H-pyrrole nitrogens is 1. The van der Waals surface area contributed by atoms with Gasteiger partial charge in [-0.05, 0) is 12.0 Å². The summed E-state index contributed by atoms with van der Waals surface area (Å²) < 4.78 is 5.07. The molecular weight excluding hydrogens is 354 g/mol. The maximum atomic E-state index is 12.4. The van der Waals surface area contributed by atoms with Gasteiger partial charge in [-0.15, -0.1) is 11.3 Å². The van der Waals surface area contributed by atoms with Crippen molar-refractivity contribution in [2.45, 2.75) is 20.3 Å². The predicted octanol–water partition coefficient (Wildman–Crippen LogP) is 3.18. The Morgan fingerprint density at radius 2 is 2.12 bits per heavy atom. The first-order valence-corrected chi connectivity index (χ1v) is 8.90. The molecule has 0 aliphatic heterocycles. The molecule has 0 aliphatic rings. The Kier molecular flexibility index (Phi) is 5.13. The first-order valence-electron chi connectivity index (χ1n) is 8.02. The highest BCUT2D eigenvalue weighted by atomic mass is 32.1. The number of amides is 1. The lowest BCUT2D eigenvalue weighted by Gasteiger charge is -2.03. The molecule has 3 aromatic rings. The smallest absolute Gasteiger partial charge is 0.358 e. The van der Waals surface area contributed by atoms with Crippen LogP contribution in [-0.4, -0.2) is 34.2 Å². The van der Waals surface area contributed by atoms with Gasteiger partial charge in [0.1, 0.15) is 0 Å². The molecule has 0 fully saturated rings. The average molecular weight is 371 g/mol. The van der Waals surface area contributed by atoms with Crippen molar-refractivity contribution in [1.82, 2.24) is 9.97 Å². The summed E-state index contributed by atoms with van der Waals surface area (Å²) in [5, 5.41) is 5.07. The van der Waals surface area contributed by atoms with Crippen LogP contribution in [0.25, 0.3) is 10.9 Å². The molecule has 1 aromatic carbocycles. The van der Waals surface area contributed by atoms with Crippen LogP contribution in [0.4, 0.5) is 5.13 Å². The third-order valence-corrected chi connectivity index (χ3v) is 4.57. The number of ether oxygens (including phenoxy) is 1. The standard InChI is InChI=1S/C18H17N3O4S/c1-3-11-5-4-6-12-13(7-19-16(11)12)15(23)8-25-17(24)14-9-26-18(21-14)20-10(2)22/h4-7,9,19H,3,8H2,1-2H3,(H,20,21,22). The van der Waals surface area contributed by atoms with Crippen molar-refractivity contribution in [3.63, 3.8) is 0 Å². The molecular formula is C18H17N3O4S. The van der Waals surface area contributed by atoms with Gasteiger partial charge in [-0.3, -0.25) is 9.59 Å². The molecule has 0 spiro atoms. The molecule has 0 bridgehead atoms. The summed E-state index contributed by atoms with van der Waals surface area (Å²) in [4.78, 5) is 42.5. The number of aryl methyl sites for hydroxylation is 1. The van der Waals surface area contributed by atoms with E-state index in [1.165, 1.54) is 12.3 Å². The molecule has 26 heavy (non-hydrogen) atoms. The van der Waals surface area contributed by atoms with Crippen LogP contribution in [-0.2, 0) is 16.0 Å². The minimum atomic E-state index is -0.708. The number of fused-ring (bicyclic) bond motifs is 1. The Balaban J connectivity index is 1.68. The third kappa shape index (κ3) is 3.65. The maximum absolute atomic E-state index is 12.4. The Morgan fingerprint density at radius 3 is 2.85 bits per heavy atom. The Morgan fingerprint density at radius 1 is 1.31 bits per heavy atom. The highest BCUT2D eigenvalue weighted by Crippen LogP contribution is 2.23. The number of ketones is 1. The monoisotopic (exact) mass is 371 g/mol. The van der Waals surface area contributed by atoms with Gasteiger partial charge in [0.15, 0.2) is 17.4 Å². The van der Waals surface area contributed by atoms with E-state index < -0.39 is 5.97 Å². The Labute approximate surface area is 153 Å². The molecule has 0 unspecified atom stereocenters. The molecule has 2 N–H and O–H groups in total. The van der Waals surface area contributed by atoms with Crippen molar-refractivity contribution in [3.8, 4) is 0 Å². The molecule has 0 aliphatic carbocycles. The van der Waals surface area contributed by atoms with Crippen LogP contribution < -0.4 is 5.32 Å². The molecule has 2 heterocycles. The topological polar surface area (TPSA) is 101 Å². The average Bonchev–Trinajstić information content (AvgIpc) is 3.25. The Hall–Kier alpha value is -3.00. The maximum Gasteiger partial charge on any atom is 0.358 e. The number of anilines is 1. The van der Waals surface area contributed by atoms with Crippen molar-refractivity contribution in [2.75, 3.05) is 11.9 Å². The summed E-state index contributed by atoms with van der Waals surface area (Å²) in [5.74, 6) is -1.28. The molecule has 0 saturated heterocycles. The second-order valence-corrected chi connectivity index (χ2v) is 6.47. The van der Waals surface area contributed by atoms with E-state index in [1.54, 1.807) is 6.20 Å². The van der Waals surface area contributed by atoms with Gasteiger partial charge in [-0.2, -0.15) is 0 Å². The van der Waals surface area contributed by atoms with Crippen LogP contribution in [0.15, 0.2) is 29.8 Å². The number of rotatable bonds is 6. The highest BCUT2D eigenvalue weighted by Gasteiger charge is 2.18. The highest BCUT2D eigenvalue weighted by molar-refractivity contribution is 7.14. The van der Waals surface area contributed by atoms with Gasteiger partial charge in [0.05, 0.1) is 0 Å². The van der Waals surface area contributed by atoms with Crippen molar-refractivity contribution in [3.05, 3.63) is 46.6 Å². The van der Waals surface area contributed by atoms with E-state index in [1.807, 2.05) is 25.1 Å². The number of aromatic nitrogens is 2. The molecule has 1 amide bonds. The Bertz CT molecular complexity index is 989. The van der Waals surface area contributed by atoms with E-state index in [-0.39, 0.29) is 24.0 Å². The minimum absolute atomic E-state index is 0.0544. The summed E-state index contributed by atoms with van der Waals surface area (Å²) >= 11 is 1.11. The number of esters is 1. The van der Waals surface area contributed by atoms with Crippen LogP contribution in [0.1, 0.15) is 40.3 Å². The summed E-state index contributed by atoms with van der Waals surface area (Å²) in [6, 6.07) is 5.76. The molecule has 3 rings (SSSR count). The van der Waals surface area contributed by atoms with Gasteiger partial charge >= 0.3 is 5.97 Å². The first-order chi connectivity index (χ1) is 12.5. The zero-order valence-corrected chi connectivity index (χ0v) is 15.1. The van der Waals surface area contributed by atoms with Gasteiger partial charge in [-0.25, -0.2) is 9.78 Å². The van der Waals surface area contributed by atoms with Crippen LogP contribution in [0.3, 0.4) is 0 Å². The number of thiazole rings is 1. The number of nitrogens with zero attached hydrogens (tertiary/aromatic N) is 1. The number of hydrogen-bond acceptors (Lipinski definition) is 6. The largest absolute Gasteiger partial charge is 0.453 e. The molecule has 2 aromatic heterocycles. The van der Waals surface area contributed by atoms with Crippen LogP contribution in [0.5, 0.6) is 0 Å². The molecule has 8 heteroatoms. The van der Waals surface area contributed by atoms with Crippen molar-refractivity contribution in [1.29, 1.82) is 0 Å². The van der Waals surface area contributed by atoms with Gasteiger partial charge in [-0.1, -0.05) is 25.1 Å². The fraction of sp³-hybridized carbons (Fsp3) is 0.222. The number of Topliss-reactive ketones (excluding diaryl/α,β-unsaturated/α-hetero) is 1. The van der Waals surface area contributed by atoms with Gasteiger partial charge in [0, 0.05) is 35.0 Å². The third-order valence-electron chi connectivity index (χ3n) is 3.81. The first kappa shape index (κ1) is 17.8. The van der Waals surface area contributed by atoms with Crippen molar-refractivity contribution >= 4 is 45.0 Å². The number of carbonyl (C=O) groups excluding carboxylic acids is 3. The van der Waals surface area contributed by atoms with E-state index in [4.69, 9.17) is 4.74 Å². The number of carbonyl (C=O) groups is 3. The second-order valence-electron chi connectivity index (χ2n) is 5.61. The molecule has 0 radical (unpaired) electrons.